The molecule has 1 fully saturated rings. The molecule has 0 bridgehead atoms. The van der Waals surface area contributed by atoms with Gasteiger partial charge in [-0.05, 0) is 35.6 Å². The van der Waals surface area contributed by atoms with E-state index in [1.165, 1.54) is 0 Å². The monoisotopic (exact) mass is 632 g/mol. The van der Waals surface area contributed by atoms with Gasteiger partial charge in [-0.2, -0.15) is 0 Å². The summed E-state index contributed by atoms with van der Waals surface area (Å²) in [5.41, 5.74) is 4.22. The van der Waals surface area contributed by atoms with Gasteiger partial charge in [-0.1, -0.05) is 133 Å². The smallest absolute Gasteiger partial charge is 0.191 e. The highest BCUT2D eigenvalue weighted by Crippen LogP contribution is 2.43. The minimum absolute atomic E-state index is 0.279. The molecular formula is C36H41O6PS. The first-order valence-corrected chi connectivity index (χ1v) is 18.5. The van der Waals surface area contributed by atoms with Crippen LogP contribution < -0.4 is 0 Å². The predicted octanol–water partition coefficient (Wildman–Crippen LogP) is 7.36. The van der Waals surface area contributed by atoms with Crippen molar-refractivity contribution in [1.29, 1.82) is 0 Å². The summed E-state index contributed by atoms with van der Waals surface area (Å²) in [6.45, 7) is 5.72. The first kappa shape index (κ1) is 32.7. The van der Waals surface area contributed by atoms with Gasteiger partial charge in [0.2, 0.25) is 0 Å². The molecule has 4 aromatic rings. The molecular weight excluding hydrogens is 591 g/mol. The first-order valence-electron chi connectivity index (χ1n) is 14.9. The fourth-order valence-corrected chi connectivity index (χ4v) is 6.01. The normalized spacial score (nSPS) is 22.1. The van der Waals surface area contributed by atoms with Crippen LogP contribution in [0.5, 0.6) is 0 Å². The molecule has 0 radical (unpaired) electrons. The lowest BCUT2D eigenvalue weighted by molar-refractivity contribution is -0.309. The molecule has 0 spiro atoms. The number of hydrogen-bond acceptors (Lipinski definition) is 7. The Kier molecular flexibility index (Phi) is 12.3. The third-order valence-electron chi connectivity index (χ3n) is 7.20. The number of hydrogen-bond donors (Lipinski definition) is 0. The predicted molar refractivity (Wildman–Crippen MR) is 177 cm³/mol. The maximum Gasteiger partial charge on any atom is 0.191 e. The van der Waals surface area contributed by atoms with Gasteiger partial charge < -0.3 is 28.2 Å². The van der Waals surface area contributed by atoms with Crippen LogP contribution in [0.1, 0.15) is 22.3 Å². The highest BCUT2D eigenvalue weighted by molar-refractivity contribution is 8.11. The molecule has 232 valence electrons. The molecule has 0 saturated carbocycles. The van der Waals surface area contributed by atoms with Gasteiger partial charge in [-0.3, -0.25) is 0 Å². The summed E-state index contributed by atoms with van der Waals surface area (Å²) in [5, 5.41) is 0. The van der Waals surface area contributed by atoms with Gasteiger partial charge in [0.05, 0.1) is 39.3 Å². The second-order valence-corrected chi connectivity index (χ2v) is 16.5. The van der Waals surface area contributed by atoms with Crippen LogP contribution in [-0.4, -0.2) is 50.6 Å². The highest BCUT2D eigenvalue weighted by Gasteiger charge is 2.49. The van der Waals surface area contributed by atoms with Gasteiger partial charge in [0.25, 0.3) is 0 Å². The van der Waals surface area contributed by atoms with E-state index in [0.717, 1.165) is 22.3 Å². The van der Waals surface area contributed by atoms with Crippen molar-refractivity contribution in [3.63, 3.8) is 0 Å². The average molecular weight is 633 g/mol. The van der Waals surface area contributed by atoms with E-state index in [4.69, 9.17) is 40.0 Å². The van der Waals surface area contributed by atoms with E-state index in [-0.39, 0.29) is 6.61 Å². The Bertz CT molecular complexity index is 1420. The lowest BCUT2D eigenvalue weighted by Gasteiger charge is -2.46. The minimum atomic E-state index is -2.16. The van der Waals surface area contributed by atoms with E-state index in [1.54, 1.807) is 0 Å². The van der Waals surface area contributed by atoms with Crippen LogP contribution in [0.15, 0.2) is 121 Å². The van der Waals surface area contributed by atoms with E-state index < -0.39 is 37.0 Å². The van der Waals surface area contributed by atoms with Crippen LogP contribution in [0.4, 0.5) is 0 Å². The lowest BCUT2D eigenvalue weighted by atomic mass is 9.98. The Balaban J connectivity index is 1.44. The maximum atomic E-state index is 6.72. The van der Waals surface area contributed by atoms with Crippen molar-refractivity contribution in [2.24, 2.45) is 0 Å². The van der Waals surface area contributed by atoms with Gasteiger partial charge in [0, 0.05) is 0 Å². The summed E-state index contributed by atoms with van der Waals surface area (Å²) in [7, 11) is 0. The molecule has 1 saturated heterocycles. The van der Waals surface area contributed by atoms with Crippen molar-refractivity contribution in [1.82, 2.24) is 0 Å². The van der Waals surface area contributed by atoms with Crippen LogP contribution in [0.2, 0.25) is 0 Å². The third-order valence-corrected chi connectivity index (χ3v) is 8.17. The lowest BCUT2D eigenvalue weighted by Crippen LogP contribution is -2.61. The zero-order chi connectivity index (χ0) is 30.6. The Morgan fingerprint density at radius 3 is 1.36 bits per heavy atom. The second-order valence-electron chi connectivity index (χ2n) is 11.2. The SMILES string of the molecule is CP(C)(=S)OC1O[C@H](COCc2ccccc2)[C@@H](OCc2ccccc2)[C@H](OCc2ccccc2)[C@@H]1OCc1ccccc1. The number of rotatable bonds is 15. The van der Waals surface area contributed by atoms with Crippen molar-refractivity contribution in [3.8, 4) is 0 Å². The molecule has 8 heteroatoms. The molecule has 0 amide bonds. The molecule has 1 heterocycles. The maximum absolute atomic E-state index is 6.72. The molecule has 1 aliphatic rings. The molecule has 4 aromatic carbocycles. The van der Waals surface area contributed by atoms with E-state index in [0.29, 0.717) is 26.4 Å². The first-order chi connectivity index (χ1) is 21.4. The number of ether oxygens (including phenoxy) is 5. The zero-order valence-corrected chi connectivity index (χ0v) is 27.0. The Morgan fingerprint density at radius 2 is 0.932 bits per heavy atom. The van der Waals surface area contributed by atoms with Crippen molar-refractivity contribution in [2.75, 3.05) is 19.9 Å². The summed E-state index contributed by atoms with van der Waals surface area (Å²) in [5.74, 6) is 0. The molecule has 1 unspecified atom stereocenters. The summed E-state index contributed by atoms with van der Waals surface area (Å²) in [4.78, 5) is 0. The molecule has 0 aromatic heterocycles. The Morgan fingerprint density at radius 1 is 0.545 bits per heavy atom. The minimum Gasteiger partial charge on any atom is -0.374 e. The van der Waals surface area contributed by atoms with Crippen LogP contribution in [-0.2, 0) is 66.4 Å². The summed E-state index contributed by atoms with van der Waals surface area (Å²) < 4.78 is 39.3. The van der Waals surface area contributed by atoms with Crippen LogP contribution >= 0.6 is 6.26 Å². The Labute approximate surface area is 266 Å². The fraction of sp³-hybridized carbons (Fsp3) is 0.333. The van der Waals surface area contributed by atoms with Crippen molar-refractivity contribution in [3.05, 3.63) is 144 Å². The van der Waals surface area contributed by atoms with E-state index >= 15 is 0 Å². The summed E-state index contributed by atoms with van der Waals surface area (Å²) in [6, 6.07) is 40.3. The molecule has 5 atom stereocenters. The highest BCUT2D eigenvalue weighted by atomic mass is 32.4. The van der Waals surface area contributed by atoms with Crippen molar-refractivity contribution in [2.45, 2.75) is 57.1 Å². The third kappa shape index (κ3) is 10.2. The van der Waals surface area contributed by atoms with Gasteiger partial charge in [0.1, 0.15) is 24.4 Å². The van der Waals surface area contributed by atoms with Crippen LogP contribution in [0.25, 0.3) is 0 Å². The quantitative estimate of drug-likeness (QED) is 0.127. The molecule has 44 heavy (non-hydrogen) atoms. The second kappa shape index (κ2) is 16.6. The standard InChI is InChI=1S/C36H41O6PS/c1-43(2,44)42-36-35(40-26-31-21-13-6-14-22-31)34(39-25-30-19-11-5-12-20-30)33(38-24-29-17-9-4-10-18-29)32(41-36)27-37-23-28-15-7-3-8-16-28/h3-22,32-36H,23-27H2,1-2H3/t32-,33-,34+,35+,36?/m1/s1. The fourth-order valence-electron chi connectivity index (χ4n) is 5.08. The topological polar surface area (TPSA) is 55.4 Å². The summed E-state index contributed by atoms with van der Waals surface area (Å²) >= 11 is 5.76. The van der Waals surface area contributed by atoms with Gasteiger partial charge >= 0.3 is 0 Å². The van der Waals surface area contributed by atoms with Crippen molar-refractivity contribution >= 4 is 18.1 Å². The average Bonchev–Trinajstić information content (AvgIpc) is 3.04. The van der Waals surface area contributed by atoms with Gasteiger partial charge in [-0.25, -0.2) is 0 Å². The van der Waals surface area contributed by atoms with E-state index in [1.807, 2.05) is 135 Å². The number of benzene rings is 4. The molecule has 0 N–H and O–H groups in total. The largest absolute Gasteiger partial charge is 0.374 e. The molecule has 1 aliphatic heterocycles. The van der Waals surface area contributed by atoms with E-state index in [2.05, 4.69) is 0 Å². The summed E-state index contributed by atoms with van der Waals surface area (Å²) in [6.07, 6.45) is -5.07. The van der Waals surface area contributed by atoms with E-state index in [9.17, 15) is 0 Å². The van der Waals surface area contributed by atoms with Crippen molar-refractivity contribution < 1.29 is 28.2 Å². The van der Waals surface area contributed by atoms with Crippen LogP contribution in [0.3, 0.4) is 0 Å². The molecule has 0 aliphatic carbocycles. The zero-order valence-electron chi connectivity index (χ0n) is 25.3. The van der Waals surface area contributed by atoms with Crippen LogP contribution in [0, 0.1) is 0 Å². The van der Waals surface area contributed by atoms with Gasteiger partial charge in [-0.15, -0.1) is 0 Å². The van der Waals surface area contributed by atoms with Gasteiger partial charge in [0.15, 0.2) is 6.29 Å². The Hall–Kier alpha value is -2.71. The molecule has 6 nitrogen and oxygen atoms in total. The molecule has 5 rings (SSSR count).